The Morgan fingerprint density at radius 2 is 1.59 bits per heavy atom. The van der Waals surface area contributed by atoms with Crippen LogP contribution in [-0.4, -0.2) is 24.6 Å². The molecule has 0 unspecified atom stereocenters. The average Bonchev–Trinajstić information content (AvgIpc) is 2.34. The van der Waals surface area contributed by atoms with Gasteiger partial charge in [0.25, 0.3) is 0 Å². The highest BCUT2D eigenvalue weighted by molar-refractivity contribution is 5.90. The largest absolute Gasteiger partial charge is 0.469 e. The van der Waals surface area contributed by atoms with Gasteiger partial charge in [0.05, 0.1) is 18.1 Å². The molecule has 0 aliphatic heterocycles. The summed E-state index contributed by atoms with van der Waals surface area (Å²) in [4.78, 5) is 23.7. The van der Waals surface area contributed by atoms with Gasteiger partial charge in [-0.15, -0.1) is 0 Å². The number of hydrogen-bond donors (Lipinski definition) is 0. The maximum absolute atomic E-state index is 12.0. The van der Waals surface area contributed by atoms with Crippen molar-refractivity contribution in [2.75, 3.05) is 7.11 Å². The van der Waals surface area contributed by atoms with E-state index in [1.807, 2.05) is 45.0 Å². The van der Waals surface area contributed by atoms with Crippen molar-refractivity contribution in [3.63, 3.8) is 0 Å². The Hall–Kier alpha value is -1.84. The lowest BCUT2D eigenvalue weighted by Gasteiger charge is -2.68. The molecule has 1 aromatic carbocycles. The predicted molar refractivity (Wildman–Crippen MR) is 81.6 cm³/mol. The summed E-state index contributed by atoms with van der Waals surface area (Å²) in [5, 5.41) is 0. The molecule has 2 bridgehead atoms. The second-order valence-electron chi connectivity index (χ2n) is 7.66. The van der Waals surface area contributed by atoms with E-state index in [4.69, 9.17) is 9.47 Å². The van der Waals surface area contributed by atoms with Crippen molar-refractivity contribution in [2.24, 2.45) is 5.41 Å². The molecule has 4 rings (SSSR count). The van der Waals surface area contributed by atoms with Crippen molar-refractivity contribution in [2.45, 2.75) is 51.0 Å². The Morgan fingerprint density at radius 1 is 1.05 bits per heavy atom. The molecule has 0 atom stereocenters. The lowest BCUT2D eigenvalue weighted by Crippen LogP contribution is -2.68. The second kappa shape index (κ2) is 4.58. The topological polar surface area (TPSA) is 52.6 Å². The van der Waals surface area contributed by atoms with Crippen LogP contribution in [0.3, 0.4) is 0 Å². The average molecular weight is 302 g/mol. The Labute approximate surface area is 130 Å². The summed E-state index contributed by atoms with van der Waals surface area (Å²) in [5.41, 5.74) is 1.15. The predicted octanol–water partition coefficient (Wildman–Crippen LogP) is 3.24. The molecule has 0 heterocycles. The third kappa shape index (κ3) is 2.21. The molecule has 0 radical (unpaired) electrons. The SMILES string of the molecule is COC(=O)C12CC(c3ccc(C(=O)OC(C)(C)C)cc3)(C1)C2. The first-order valence-electron chi connectivity index (χ1n) is 7.62. The highest BCUT2D eigenvalue weighted by Crippen LogP contribution is 2.73. The van der Waals surface area contributed by atoms with Crippen LogP contribution in [0.2, 0.25) is 0 Å². The van der Waals surface area contributed by atoms with Crippen LogP contribution in [0.15, 0.2) is 24.3 Å². The van der Waals surface area contributed by atoms with Gasteiger partial charge in [0.2, 0.25) is 0 Å². The van der Waals surface area contributed by atoms with Crippen LogP contribution in [0.4, 0.5) is 0 Å². The van der Waals surface area contributed by atoms with Crippen LogP contribution in [-0.2, 0) is 19.7 Å². The van der Waals surface area contributed by atoms with E-state index in [-0.39, 0.29) is 22.8 Å². The van der Waals surface area contributed by atoms with Crippen LogP contribution in [0.25, 0.3) is 0 Å². The van der Waals surface area contributed by atoms with Crippen molar-refractivity contribution in [3.05, 3.63) is 35.4 Å². The Morgan fingerprint density at radius 3 is 2.05 bits per heavy atom. The third-order valence-electron chi connectivity index (χ3n) is 4.78. The number of methoxy groups -OCH3 is 1. The van der Waals surface area contributed by atoms with Crippen LogP contribution >= 0.6 is 0 Å². The first-order valence-corrected chi connectivity index (χ1v) is 7.62. The minimum Gasteiger partial charge on any atom is -0.469 e. The fourth-order valence-electron chi connectivity index (χ4n) is 3.82. The van der Waals surface area contributed by atoms with E-state index in [9.17, 15) is 9.59 Å². The summed E-state index contributed by atoms with van der Waals surface area (Å²) in [7, 11) is 1.45. The molecular weight excluding hydrogens is 280 g/mol. The Kier molecular flexibility index (Phi) is 3.13. The molecule has 4 nitrogen and oxygen atoms in total. The lowest BCUT2D eigenvalue weighted by atomic mass is 9.33. The first kappa shape index (κ1) is 15.1. The minimum atomic E-state index is -0.490. The van der Waals surface area contributed by atoms with Crippen LogP contribution in [0, 0.1) is 5.41 Å². The zero-order valence-corrected chi connectivity index (χ0v) is 13.6. The van der Waals surface area contributed by atoms with Gasteiger partial charge in [0, 0.05) is 0 Å². The first-order chi connectivity index (χ1) is 10.2. The molecule has 0 amide bonds. The third-order valence-corrected chi connectivity index (χ3v) is 4.78. The molecule has 3 aliphatic carbocycles. The maximum Gasteiger partial charge on any atom is 0.338 e. The molecule has 1 aromatic rings. The zero-order valence-electron chi connectivity index (χ0n) is 13.6. The number of rotatable bonds is 3. The molecule has 22 heavy (non-hydrogen) atoms. The molecule has 3 fully saturated rings. The summed E-state index contributed by atoms with van der Waals surface area (Å²) in [6, 6.07) is 7.60. The molecule has 3 saturated carbocycles. The number of carbonyl (C=O) groups excluding carboxylic acids is 2. The van der Waals surface area contributed by atoms with Crippen molar-refractivity contribution in [1.29, 1.82) is 0 Å². The molecule has 0 spiro atoms. The Bertz CT molecular complexity index is 602. The van der Waals surface area contributed by atoms with E-state index in [0.717, 1.165) is 19.3 Å². The number of esters is 2. The molecule has 118 valence electrons. The van der Waals surface area contributed by atoms with E-state index in [0.29, 0.717) is 5.56 Å². The molecule has 4 heteroatoms. The van der Waals surface area contributed by atoms with E-state index < -0.39 is 5.60 Å². The Balaban J connectivity index is 1.68. The summed E-state index contributed by atoms with van der Waals surface area (Å²) in [5.74, 6) is -0.387. The van der Waals surface area contributed by atoms with Crippen molar-refractivity contribution >= 4 is 11.9 Å². The zero-order chi connectivity index (χ0) is 16.2. The van der Waals surface area contributed by atoms with E-state index in [2.05, 4.69) is 0 Å². The standard InChI is InChI=1S/C18H22O4/c1-16(2,3)22-14(19)12-5-7-13(8-6-12)17-9-18(10-17,11-17)15(20)21-4/h5-8H,9-11H2,1-4H3. The number of hydrogen-bond acceptors (Lipinski definition) is 4. The molecule has 0 saturated heterocycles. The van der Waals surface area contributed by atoms with Gasteiger partial charge in [-0.25, -0.2) is 4.79 Å². The van der Waals surface area contributed by atoms with Gasteiger partial charge in [0.1, 0.15) is 5.60 Å². The summed E-state index contributed by atoms with van der Waals surface area (Å²) in [6.07, 6.45) is 2.58. The van der Waals surface area contributed by atoms with E-state index in [1.165, 1.54) is 12.7 Å². The quantitative estimate of drug-likeness (QED) is 0.804. The van der Waals surface area contributed by atoms with Crippen LogP contribution in [0.1, 0.15) is 56.0 Å². The van der Waals surface area contributed by atoms with Gasteiger partial charge >= 0.3 is 11.9 Å². The van der Waals surface area contributed by atoms with Gasteiger partial charge in [-0.2, -0.15) is 0 Å². The summed E-state index contributed by atoms with van der Waals surface area (Å²) < 4.78 is 10.2. The number of benzene rings is 1. The van der Waals surface area contributed by atoms with Gasteiger partial charge in [-0.1, -0.05) is 12.1 Å². The molecule has 0 aromatic heterocycles. The van der Waals surface area contributed by atoms with Gasteiger partial charge in [0.15, 0.2) is 0 Å². The molecule has 3 aliphatic rings. The van der Waals surface area contributed by atoms with Crippen molar-refractivity contribution in [3.8, 4) is 0 Å². The highest BCUT2D eigenvalue weighted by atomic mass is 16.6. The number of ether oxygens (including phenoxy) is 2. The van der Waals surface area contributed by atoms with E-state index in [1.54, 1.807) is 0 Å². The summed E-state index contributed by atoms with van der Waals surface area (Å²) >= 11 is 0. The van der Waals surface area contributed by atoms with Crippen LogP contribution < -0.4 is 0 Å². The number of carbonyl (C=O) groups is 2. The molecule has 0 N–H and O–H groups in total. The summed E-state index contributed by atoms with van der Waals surface area (Å²) in [6.45, 7) is 5.56. The monoisotopic (exact) mass is 302 g/mol. The van der Waals surface area contributed by atoms with Gasteiger partial charge < -0.3 is 9.47 Å². The second-order valence-corrected chi connectivity index (χ2v) is 7.66. The minimum absolute atomic E-state index is 0.0836. The van der Waals surface area contributed by atoms with E-state index >= 15 is 0 Å². The van der Waals surface area contributed by atoms with Gasteiger partial charge in [-0.05, 0) is 63.1 Å². The smallest absolute Gasteiger partial charge is 0.338 e. The lowest BCUT2D eigenvalue weighted by molar-refractivity contribution is -0.198. The van der Waals surface area contributed by atoms with Gasteiger partial charge in [-0.3, -0.25) is 4.79 Å². The normalized spacial score (nSPS) is 29.1. The highest BCUT2D eigenvalue weighted by Gasteiger charge is 2.72. The van der Waals surface area contributed by atoms with Crippen molar-refractivity contribution in [1.82, 2.24) is 0 Å². The van der Waals surface area contributed by atoms with Crippen molar-refractivity contribution < 1.29 is 19.1 Å². The molecular formula is C18H22O4. The fraction of sp³-hybridized carbons (Fsp3) is 0.556. The fourth-order valence-corrected chi connectivity index (χ4v) is 3.82. The van der Waals surface area contributed by atoms with Crippen LogP contribution in [0.5, 0.6) is 0 Å². The maximum atomic E-state index is 12.0.